The lowest BCUT2D eigenvalue weighted by Gasteiger charge is -2.16. The molecule has 2 amide bonds. The average molecular weight is 344 g/mol. The Kier molecular flexibility index (Phi) is 5.48. The lowest BCUT2D eigenvalue weighted by Crippen LogP contribution is -2.30. The molecule has 6 heteroatoms. The predicted octanol–water partition coefficient (Wildman–Crippen LogP) is 2.61. The molecule has 1 aliphatic rings. The van der Waals surface area contributed by atoms with Crippen LogP contribution in [0.4, 0.5) is 5.69 Å². The summed E-state index contributed by atoms with van der Waals surface area (Å²) in [6.45, 7) is 1.32. The molecule has 126 valence electrons. The van der Waals surface area contributed by atoms with E-state index in [0.29, 0.717) is 18.7 Å². The topological polar surface area (TPSA) is 58.6 Å². The Morgan fingerprint density at radius 2 is 2.21 bits per heavy atom. The molecule has 0 saturated carbocycles. The Hall–Kier alpha value is -2.34. The zero-order chi connectivity index (χ0) is 16.8. The molecule has 0 radical (unpaired) electrons. The van der Waals surface area contributed by atoms with Crippen molar-refractivity contribution in [3.63, 3.8) is 0 Å². The van der Waals surface area contributed by atoms with Crippen molar-refractivity contribution >= 4 is 28.8 Å². The second-order valence-corrected chi connectivity index (χ2v) is 6.65. The first-order valence-electron chi connectivity index (χ1n) is 8.05. The standard InChI is InChI=1S/C18H20N2O3S/c21-17(19-9-8-16-6-3-11-24-16)13-23-15-5-1-4-14(12-15)20-10-2-7-18(20)22/h1,3-6,11-12H,2,7-10,13H2,(H,19,21). The summed E-state index contributed by atoms with van der Waals surface area (Å²) in [6.07, 6.45) is 2.31. The Bertz CT molecular complexity index is 700. The highest BCUT2D eigenvalue weighted by Gasteiger charge is 2.21. The van der Waals surface area contributed by atoms with Crippen molar-refractivity contribution in [3.05, 3.63) is 46.7 Å². The summed E-state index contributed by atoms with van der Waals surface area (Å²) < 4.78 is 5.54. The summed E-state index contributed by atoms with van der Waals surface area (Å²) in [5.41, 5.74) is 0.827. The number of benzene rings is 1. The Morgan fingerprint density at radius 1 is 1.29 bits per heavy atom. The van der Waals surface area contributed by atoms with E-state index in [2.05, 4.69) is 11.4 Å². The molecule has 24 heavy (non-hydrogen) atoms. The fourth-order valence-electron chi connectivity index (χ4n) is 2.64. The van der Waals surface area contributed by atoms with Crippen molar-refractivity contribution in [3.8, 4) is 5.75 Å². The molecule has 3 rings (SSSR count). The average Bonchev–Trinajstić information content (AvgIpc) is 3.25. The summed E-state index contributed by atoms with van der Waals surface area (Å²) in [5, 5.41) is 4.87. The summed E-state index contributed by atoms with van der Waals surface area (Å²) in [6, 6.07) is 11.4. The molecule has 1 N–H and O–H groups in total. The van der Waals surface area contributed by atoms with E-state index in [9.17, 15) is 9.59 Å². The quantitative estimate of drug-likeness (QED) is 0.840. The smallest absolute Gasteiger partial charge is 0.257 e. The number of carbonyl (C=O) groups is 2. The van der Waals surface area contributed by atoms with Gasteiger partial charge in [0.15, 0.2) is 6.61 Å². The molecule has 0 spiro atoms. The molecular formula is C18H20N2O3S. The zero-order valence-electron chi connectivity index (χ0n) is 13.4. The largest absolute Gasteiger partial charge is 0.484 e. The van der Waals surface area contributed by atoms with Crippen molar-refractivity contribution in [2.75, 3.05) is 24.6 Å². The van der Waals surface area contributed by atoms with Crippen LogP contribution in [0.15, 0.2) is 41.8 Å². The molecule has 5 nitrogen and oxygen atoms in total. The zero-order valence-corrected chi connectivity index (χ0v) is 14.2. The van der Waals surface area contributed by atoms with Gasteiger partial charge in [-0.25, -0.2) is 0 Å². The van der Waals surface area contributed by atoms with Crippen LogP contribution in [-0.2, 0) is 16.0 Å². The van der Waals surface area contributed by atoms with Crippen LogP contribution < -0.4 is 15.0 Å². The van der Waals surface area contributed by atoms with Gasteiger partial charge in [0.05, 0.1) is 0 Å². The number of amides is 2. The number of thiophene rings is 1. The summed E-state index contributed by atoms with van der Waals surface area (Å²) >= 11 is 1.68. The molecule has 0 unspecified atom stereocenters. The highest BCUT2D eigenvalue weighted by molar-refractivity contribution is 7.09. The summed E-state index contributed by atoms with van der Waals surface area (Å²) in [5.74, 6) is 0.591. The van der Waals surface area contributed by atoms with Gasteiger partial charge in [-0.05, 0) is 36.4 Å². The highest BCUT2D eigenvalue weighted by Crippen LogP contribution is 2.25. The van der Waals surface area contributed by atoms with Gasteiger partial charge in [0, 0.05) is 36.1 Å². The fourth-order valence-corrected chi connectivity index (χ4v) is 3.35. The number of hydrogen-bond donors (Lipinski definition) is 1. The minimum Gasteiger partial charge on any atom is -0.484 e. The number of nitrogens with one attached hydrogen (secondary N) is 1. The van der Waals surface area contributed by atoms with Crippen LogP contribution in [0, 0.1) is 0 Å². The van der Waals surface area contributed by atoms with Crippen LogP contribution in [0.3, 0.4) is 0 Å². The van der Waals surface area contributed by atoms with Crippen molar-refractivity contribution in [1.29, 1.82) is 0 Å². The van der Waals surface area contributed by atoms with Gasteiger partial charge in [-0.15, -0.1) is 11.3 Å². The summed E-state index contributed by atoms with van der Waals surface area (Å²) in [4.78, 5) is 26.6. The van der Waals surface area contributed by atoms with Gasteiger partial charge in [-0.3, -0.25) is 9.59 Å². The molecule has 1 saturated heterocycles. The monoisotopic (exact) mass is 344 g/mol. The Morgan fingerprint density at radius 3 is 2.96 bits per heavy atom. The third kappa shape index (κ3) is 4.35. The van der Waals surface area contributed by atoms with E-state index in [1.807, 2.05) is 29.6 Å². The van der Waals surface area contributed by atoms with Gasteiger partial charge in [0.2, 0.25) is 5.91 Å². The van der Waals surface area contributed by atoms with Gasteiger partial charge >= 0.3 is 0 Å². The molecule has 0 aliphatic carbocycles. The first-order chi connectivity index (χ1) is 11.7. The molecular weight excluding hydrogens is 324 g/mol. The van der Waals surface area contributed by atoms with Crippen LogP contribution in [0.25, 0.3) is 0 Å². The van der Waals surface area contributed by atoms with E-state index >= 15 is 0 Å². The number of anilines is 1. The maximum Gasteiger partial charge on any atom is 0.257 e. The fraction of sp³-hybridized carbons (Fsp3) is 0.333. The number of carbonyl (C=O) groups excluding carboxylic acids is 2. The molecule has 0 bridgehead atoms. The maximum atomic E-state index is 11.8. The van der Waals surface area contributed by atoms with E-state index in [4.69, 9.17) is 4.74 Å². The third-order valence-electron chi connectivity index (χ3n) is 3.85. The molecule has 1 aliphatic heterocycles. The highest BCUT2D eigenvalue weighted by atomic mass is 32.1. The van der Waals surface area contributed by atoms with E-state index in [1.165, 1.54) is 4.88 Å². The first kappa shape index (κ1) is 16.5. The number of nitrogens with zero attached hydrogens (tertiary/aromatic N) is 1. The van der Waals surface area contributed by atoms with Gasteiger partial charge in [-0.1, -0.05) is 12.1 Å². The van der Waals surface area contributed by atoms with Crippen LogP contribution in [0.5, 0.6) is 5.75 Å². The van der Waals surface area contributed by atoms with Gasteiger partial charge in [0.25, 0.3) is 5.91 Å². The molecule has 2 aromatic rings. The molecule has 0 atom stereocenters. The van der Waals surface area contributed by atoms with Crippen LogP contribution in [0.2, 0.25) is 0 Å². The SMILES string of the molecule is O=C(COc1cccc(N2CCCC2=O)c1)NCCc1cccs1. The molecule has 1 fully saturated rings. The first-order valence-corrected chi connectivity index (χ1v) is 8.92. The third-order valence-corrected chi connectivity index (χ3v) is 4.78. The van der Waals surface area contributed by atoms with E-state index in [0.717, 1.165) is 25.1 Å². The predicted molar refractivity (Wildman–Crippen MR) is 94.6 cm³/mol. The minimum atomic E-state index is -0.144. The molecule has 2 heterocycles. The normalized spacial score (nSPS) is 14.0. The maximum absolute atomic E-state index is 11.8. The number of rotatable bonds is 7. The van der Waals surface area contributed by atoms with Gasteiger partial charge in [0.1, 0.15) is 5.75 Å². The number of hydrogen-bond acceptors (Lipinski definition) is 4. The minimum absolute atomic E-state index is 0.0260. The van der Waals surface area contributed by atoms with Crippen LogP contribution in [-0.4, -0.2) is 31.5 Å². The van der Waals surface area contributed by atoms with E-state index < -0.39 is 0 Å². The molecule has 1 aromatic carbocycles. The molecule has 1 aromatic heterocycles. The van der Waals surface area contributed by atoms with Crippen LogP contribution >= 0.6 is 11.3 Å². The van der Waals surface area contributed by atoms with Crippen molar-refractivity contribution in [2.45, 2.75) is 19.3 Å². The van der Waals surface area contributed by atoms with E-state index in [-0.39, 0.29) is 18.4 Å². The second kappa shape index (κ2) is 7.97. The lowest BCUT2D eigenvalue weighted by atomic mass is 10.3. The number of ether oxygens (including phenoxy) is 1. The Balaban J connectivity index is 1.45. The van der Waals surface area contributed by atoms with Crippen molar-refractivity contribution in [2.24, 2.45) is 0 Å². The van der Waals surface area contributed by atoms with Crippen molar-refractivity contribution < 1.29 is 14.3 Å². The lowest BCUT2D eigenvalue weighted by molar-refractivity contribution is -0.123. The van der Waals surface area contributed by atoms with Gasteiger partial charge in [-0.2, -0.15) is 0 Å². The van der Waals surface area contributed by atoms with Gasteiger partial charge < -0.3 is 15.0 Å². The second-order valence-electron chi connectivity index (χ2n) is 5.61. The summed E-state index contributed by atoms with van der Waals surface area (Å²) in [7, 11) is 0. The van der Waals surface area contributed by atoms with Crippen molar-refractivity contribution in [1.82, 2.24) is 5.32 Å². The van der Waals surface area contributed by atoms with Crippen LogP contribution in [0.1, 0.15) is 17.7 Å². The Labute approximate surface area is 145 Å². The van der Waals surface area contributed by atoms with E-state index in [1.54, 1.807) is 22.3 Å².